The largest absolute Gasteiger partial charge is 0.437 e. The summed E-state index contributed by atoms with van der Waals surface area (Å²) in [6.45, 7) is -3.05. The molecule has 14 heteroatoms. The van der Waals surface area contributed by atoms with Crippen molar-refractivity contribution < 1.29 is 40.4 Å². The van der Waals surface area contributed by atoms with Crippen LogP contribution >= 0.6 is 0 Å². The molecule has 1 atom stereocenters. The van der Waals surface area contributed by atoms with Gasteiger partial charge in [-0.2, -0.15) is 22.0 Å². The molecular weight excluding hydrogens is 499 g/mol. The molecule has 1 amide bonds. The van der Waals surface area contributed by atoms with Gasteiger partial charge in [0.05, 0.1) is 9.73 Å². The van der Waals surface area contributed by atoms with Crippen LogP contribution in [0.1, 0.15) is 16.1 Å². The predicted molar refractivity (Wildman–Crippen MR) is 115 cm³/mol. The van der Waals surface area contributed by atoms with Gasteiger partial charge in [-0.25, -0.2) is 8.57 Å². The number of alkyl halides is 5. The SMILES string of the molecule is CN=S(C)(=O)c1cccc(NC(=O)c2cc(C(F)(F)F)nnc2Oc2ccc(OC(F)F)cc2)c1. The van der Waals surface area contributed by atoms with Crippen LogP contribution in [0, 0.1) is 0 Å². The van der Waals surface area contributed by atoms with Gasteiger partial charge >= 0.3 is 12.8 Å². The van der Waals surface area contributed by atoms with Crippen LogP contribution in [0.2, 0.25) is 0 Å². The Morgan fingerprint density at radius 1 is 1.06 bits per heavy atom. The quantitative estimate of drug-likeness (QED) is 0.432. The van der Waals surface area contributed by atoms with E-state index in [0.717, 1.165) is 12.1 Å². The summed E-state index contributed by atoms with van der Waals surface area (Å²) in [6.07, 6.45) is -3.51. The van der Waals surface area contributed by atoms with E-state index in [1.165, 1.54) is 49.7 Å². The average molecular weight is 516 g/mol. The number of ether oxygens (including phenoxy) is 2. The predicted octanol–water partition coefficient (Wildman–Crippen LogP) is 5.23. The minimum atomic E-state index is -4.90. The Bertz CT molecular complexity index is 1340. The summed E-state index contributed by atoms with van der Waals surface area (Å²) in [5, 5.41) is 8.84. The first-order valence-corrected chi connectivity index (χ1v) is 11.5. The molecule has 0 radical (unpaired) electrons. The lowest BCUT2D eigenvalue weighted by molar-refractivity contribution is -0.141. The number of rotatable bonds is 7. The maximum Gasteiger partial charge on any atom is 0.435 e. The fourth-order valence-electron chi connectivity index (χ4n) is 2.67. The van der Waals surface area contributed by atoms with Crippen LogP contribution in [-0.4, -0.2) is 40.2 Å². The Morgan fingerprint density at radius 3 is 2.31 bits per heavy atom. The first kappa shape index (κ1) is 25.8. The molecule has 8 nitrogen and oxygen atoms in total. The molecule has 0 aliphatic heterocycles. The van der Waals surface area contributed by atoms with Gasteiger partial charge in [0.1, 0.15) is 17.1 Å². The van der Waals surface area contributed by atoms with Crippen molar-refractivity contribution >= 4 is 21.3 Å². The van der Waals surface area contributed by atoms with Gasteiger partial charge in [0.2, 0.25) is 0 Å². The number of benzene rings is 2. The fourth-order valence-corrected chi connectivity index (χ4v) is 3.56. The summed E-state index contributed by atoms with van der Waals surface area (Å²) in [5.74, 6) is -1.81. The fraction of sp³-hybridized carbons (Fsp3) is 0.190. The van der Waals surface area contributed by atoms with E-state index in [4.69, 9.17) is 4.74 Å². The molecule has 35 heavy (non-hydrogen) atoms. The molecule has 1 heterocycles. The minimum absolute atomic E-state index is 0.0352. The summed E-state index contributed by atoms with van der Waals surface area (Å²) >= 11 is 0. The van der Waals surface area contributed by atoms with E-state index in [-0.39, 0.29) is 17.2 Å². The number of carbonyl (C=O) groups is 1. The lowest BCUT2D eigenvalue weighted by Gasteiger charge is -2.13. The number of nitrogens with one attached hydrogen (secondary N) is 1. The van der Waals surface area contributed by atoms with Crippen molar-refractivity contribution in [3.05, 3.63) is 65.9 Å². The van der Waals surface area contributed by atoms with Gasteiger partial charge in [0.15, 0.2) is 5.69 Å². The van der Waals surface area contributed by atoms with Gasteiger partial charge in [-0.05, 0) is 48.5 Å². The second-order valence-corrected chi connectivity index (χ2v) is 9.31. The van der Waals surface area contributed by atoms with E-state index in [0.29, 0.717) is 11.0 Å². The average Bonchev–Trinajstić information content (AvgIpc) is 2.79. The Balaban J connectivity index is 1.94. The van der Waals surface area contributed by atoms with Crippen molar-refractivity contribution in [2.24, 2.45) is 4.36 Å². The maximum atomic E-state index is 13.2. The molecule has 0 aliphatic rings. The van der Waals surface area contributed by atoms with E-state index < -0.39 is 45.6 Å². The van der Waals surface area contributed by atoms with Crippen molar-refractivity contribution in [2.75, 3.05) is 18.6 Å². The van der Waals surface area contributed by atoms with Gasteiger partial charge in [-0.1, -0.05) is 6.07 Å². The number of nitrogens with zero attached hydrogens (tertiary/aromatic N) is 3. The summed E-state index contributed by atoms with van der Waals surface area (Å²) < 4.78 is 90.0. The highest BCUT2D eigenvalue weighted by Crippen LogP contribution is 2.32. The number of carbonyl (C=O) groups excluding carboxylic acids is 1. The zero-order valence-corrected chi connectivity index (χ0v) is 18.9. The molecule has 0 fully saturated rings. The summed E-state index contributed by atoms with van der Waals surface area (Å²) in [4.78, 5) is 13.2. The van der Waals surface area contributed by atoms with Crippen molar-refractivity contribution in [3.63, 3.8) is 0 Å². The van der Waals surface area contributed by atoms with E-state index in [9.17, 15) is 31.0 Å². The number of aromatic nitrogens is 2. The first-order chi connectivity index (χ1) is 16.4. The molecule has 1 unspecified atom stereocenters. The maximum absolute atomic E-state index is 13.2. The highest BCUT2D eigenvalue weighted by molar-refractivity contribution is 7.93. The lowest BCUT2D eigenvalue weighted by atomic mass is 10.2. The molecule has 0 saturated carbocycles. The van der Waals surface area contributed by atoms with Gasteiger partial charge in [-0.15, -0.1) is 10.2 Å². The molecule has 1 aromatic heterocycles. The molecular formula is C21H17F5N4O4S. The van der Waals surface area contributed by atoms with E-state index in [1.807, 2.05) is 0 Å². The van der Waals surface area contributed by atoms with Gasteiger partial charge in [-0.3, -0.25) is 4.79 Å². The molecule has 0 spiro atoms. The van der Waals surface area contributed by atoms with Gasteiger partial charge in [0.25, 0.3) is 11.8 Å². The van der Waals surface area contributed by atoms with Crippen LogP contribution < -0.4 is 14.8 Å². The molecule has 3 aromatic rings. The molecule has 0 saturated heterocycles. The number of hydrogen-bond acceptors (Lipinski definition) is 7. The first-order valence-electron chi connectivity index (χ1n) is 9.58. The van der Waals surface area contributed by atoms with Crippen molar-refractivity contribution in [1.82, 2.24) is 10.2 Å². The summed E-state index contributed by atoms with van der Waals surface area (Å²) in [7, 11) is -1.37. The molecule has 2 aromatic carbocycles. The third kappa shape index (κ3) is 6.62. The smallest absolute Gasteiger partial charge is 0.435 e. The standard InChI is InChI=1S/C21H17F5N4O4S/c1-27-35(2,32)15-5-3-4-12(10-15)28-18(31)16-11-17(21(24,25)26)29-30-19(16)33-13-6-8-14(9-7-13)34-20(22)23/h3-11,20H,1-2H3,(H,28,31). The number of halogens is 5. The van der Waals surface area contributed by atoms with Crippen molar-refractivity contribution in [3.8, 4) is 17.4 Å². The zero-order chi connectivity index (χ0) is 25.8. The van der Waals surface area contributed by atoms with Gasteiger partial charge < -0.3 is 14.8 Å². The number of hydrogen-bond donors (Lipinski definition) is 1. The van der Waals surface area contributed by atoms with Crippen LogP contribution in [0.3, 0.4) is 0 Å². The summed E-state index contributed by atoms with van der Waals surface area (Å²) in [6, 6.07) is 10.9. The van der Waals surface area contributed by atoms with E-state index >= 15 is 0 Å². The van der Waals surface area contributed by atoms with Crippen LogP contribution in [0.4, 0.5) is 27.6 Å². The van der Waals surface area contributed by atoms with Crippen LogP contribution in [0.5, 0.6) is 17.4 Å². The second-order valence-electron chi connectivity index (χ2n) is 6.87. The van der Waals surface area contributed by atoms with Crippen LogP contribution in [0.15, 0.2) is 63.9 Å². The zero-order valence-electron chi connectivity index (χ0n) is 18.0. The molecule has 0 aliphatic carbocycles. The van der Waals surface area contributed by atoms with Crippen molar-refractivity contribution in [2.45, 2.75) is 17.7 Å². The van der Waals surface area contributed by atoms with Gasteiger partial charge in [0, 0.05) is 23.9 Å². The highest BCUT2D eigenvalue weighted by atomic mass is 32.2. The van der Waals surface area contributed by atoms with Crippen LogP contribution in [0.25, 0.3) is 0 Å². The minimum Gasteiger partial charge on any atom is -0.437 e. The third-order valence-corrected chi connectivity index (χ3v) is 6.26. The Labute approximate surface area is 196 Å². The molecule has 0 bridgehead atoms. The molecule has 186 valence electrons. The lowest BCUT2D eigenvalue weighted by Crippen LogP contribution is -2.18. The van der Waals surface area contributed by atoms with Crippen LogP contribution in [-0.2, 0) is 15.9 Å². The molecule has 1 N–H and O–H groups in total. The summed E-state index contributed by atoms with van der Waals surface area (Å²) in [5.41, 5.74) is -1.91. The Kier molecular flexibility index (Phi) is 7.53. The monoisotopic (exact) mass is 516 g/mol. The van der Waals surface area contributed by atoms with E-state index in [1.54, 1.807) is 0 Å². The number of amides is 1. The Hall–Kier alpha value is -3.81. The Morgan fingerprint density at radius 2 is 1.71 bits per heavy atom. The third-order valence-electron chi connectivity index (χ3n) is 4.44. The normalized spacial score (nSPS) is 13.1. The second kappa shape index (κ2) is 10.2. The number of anilines is 1. The topological polar surface area (TPSA) is 103 Å². The molecule has 3 rings (SSSR count). The van der Waals surface area contributed by atoms with Crippen molar-refractivity contribution in [1.29, 1.82) is 0 Å². The highest BCUT2D eigenvalue weighted by Gasteiger charge is 2.35. The van der Waals surface area contributed by atoms with E-state index in [2.05, 4.69) is 24.6 Å².